The van der Waals surface area contributed by atoms with Crippen LogP contribution >= 0.6 is 11.6 Å². The van der Waals surface area contributed by atoms with Crippen molar-refractivity contribution in [1.29, 1.82) is 0 Å². The highest BCUT2D eigenvalue weighted by Gasteiger charge is 2.09. The molecular weight excluding hydrogens is 336 g/mol. The molecule has 0 bridgehead atoms. The van der Waals surface area contributed by atoms with E-state index in [0.29, 0.717) is 28.8 Å². The predicted molar refractivity (Wildman–Crippen MR) is 99.9 cm³/mol. The molecular formula is C19H17ClN4O. The Morgan fingerprint density at radius 3 is 2.32 bits per heavy atom. The van der Waals surface area contributed by atoms with Gasteiger partial charge in [0.2, 0.25) is 0 Å². The summed E-state index contributed by atoms with van der Waals surface area (Å²) in [5, 5.41) is 14.7. The molecule has 0 spiro atoms. The quantitative estimate of drug-likeness (QED) is 0.718. The Morgan fingerprint density at radius 2 is 1.64 bits per heavy atom. The maximum Gasteiger partial charge on any atom is 0.257 e. The summed E-state index contributed by atoms with van der Waals surface area (Å²) in [5.74, 6) is 0.836. The molecule has 0 saturated heterocycles. The van der Waals surface area contributed by atoms with E-state index in [2.05, 4.69) is 20.8 Å². The van der Waals surface area contributed by atoms with Crippen LogP contribution in [0.1, 0.15) is 21.5 Å². The molecule has 126 valence electrons. The Labute approximate surface area is 151 Å². The van der Waals surface area contributed by atoms with Gasteiger partial charge in [0.25, 0.3) is 5.91 Å². The van der Waals surface area contributed by atoms with E-state index in [4.69, 9.17) is 11.6 Å². The molecule has 3 rings (SSSR count). The van der Waals surface area contributed by atoms with Crippen molar-refractivity contribution in [2.24, 2.45) is 0 Å². The molecule has 0 radical (unpaired) electrons. The first-order chi connectivity index (χ1) is 12.1. The van der Waals surface area contributed by atoms with Crippen molar-refractivity contribution in [3.8, 4) is 0 Å². The van der Waals surface area contributed by atoms with Crippen molar-refractivity contribution in [2.75, 3.05) is 10.6 Å². The van der Waals surface area contributed by atoms with Crippen LogP contribution in [-0.4, -0.2) is 16.1 Å². The van der Waals surface area contributed by atoms with E-state index in [0.717, 1.165) is 11.1 Å². The van der Waals surface area contributed by atoms with Gasteiger partial charge in [-0.25, -0.2) is 0 Å². The Morgan fingerprint density at radius 1 is 0.960 bits per heavy atom. The zero-order chi connectivity index (χ0) is 17.6. The van der Waals surface area contributed by atoms with Gasteiger partial charge in [-0.05, 0) is 48.4 Å². The number of carbonyl (C=O) groups excluding carboxylic acids is 1. The summed E-state index contributed by atoms with van der Waals surface area (Å²) in [6, 6.07) is 18.5. The Kier molecular flexibility index (Phi) is 5.26. The Balaban J connectivity index is 1.59. The van der Waals surface area contributed by atoms with Crippen LogP contribution in [-0.2, 0) is 6.54 Å². The number of amides is 1. The van der Waals surface area contributed by atoms with Crippen LogP contribution in [0.5, 0.6) is 0 Å². The fourth-order valence-corrected chi connectivity index (χ4v) is 2.43. The van der Waals surface area contributed by atoms with Gasteiger partial charge in [0.15, 0.2) is 5.82 Å². The predicted octanol–water partition coefficient (Wildman–Crippen LogP) is 4.30. The molecule has 0 aliphatic carbocycles. The summed E-state index contributed by atoms with van der Waals surface area (Å²) in [5.41, 5.74) is 2.62. The highest BCUT2D eigenvalue weighted by molar-refractivity contribution is 6.30. The molecule has 25 heavy (non-hydrogen) atoms. The largest absolute Gasteiger partial charge is 0.365 e. The van der Waals surface area contributed by atoms with Crippen LogP contribution in [0.3, 0.4) is 0 Å². The van der Waals surface area contributed by atoms with Gasteiger partial charge < -0.3 is 10.6 Å². The second kappa shape index (κ2) is 7.77. The van der Waals surface area contributed by atoms with Crippen molar-refractivity contribution < 1.29 is 4.79 Å². The smallest absolute Gasteiger partial charge is 0.257 e. The van der Waals surface area contributed by atoms with Crippen molar-refractivity contribution in [3.63, 3.8) is 0 Å². The highest BCUT2D eigenvalue weighted by atomic mass is 35.5. The molecule has 5 nitrogen and oxygen atoms in total. The highest BCUT2D eigenvalue weighted by Crippen LogP contribution is 2.13. The maximum atomic E-state index is 12.3. The molecule has 0 unspecified atom stereocenters. The van der Waals surface area contributed by atoms with Gasteiger partial charge in [-0.3, -0.25) is 4.79 Å². The number of hydrogen-bond donors (Lipinski definition) is 2. The third-order valence-corrected chi connectivity index (χ3v) is 3.93. The van der Waals surface area contributed by atoms with E-state index in [1.54, 1.807) is 18.2 Å². The van der Waals surface area contributed by atoms with Crippen molar-refractivity contribution in [1.82, 2.24) is 10.2 Å². The van der Waals surface area contributed by atoms with Gasteiger partial charge in [-0.2, -0.15) is 0 Å². The van der Waals surface area contributed by atoms with Gasteiger partial charge in [-0.1, -0.05) is 41.9 Å². The number of aromatic nitrogens is 2. The topological polar surface area (TPSA) is 66.9 Å². The standard InChI is InChI=1S/C19H17ClN4O/c1-13-4-2-3-5-16(13)19(25)22-18-11-10-17(23-24-18)21-12-14-6-8-15(20)9-7-14/h2-11H,12H2,1H3,(H,21,23)(H,22,24,25). The number of anilines is 2. The molecule has 0 fully saturated rings. The zero-order valence-electron chi connectivity index (χ0n) is 13.7. The second-order valence-corrected chi connectivity index (χ2v) is 5.99. The third-order valence-electron chi connectivity index (χ3n) is 3.68. The molecule has 0 atom stereocenters. The van der Waals surface area contributed by atoms with Crippen LogP contribution < -0.4 is 10.6 Å². The first-order valence-corrected chi connectivity index (χ1v) is 8.18. The second-order valence-electron chi connectivity index (χ2n) is 5.55. The number of carbonyl (C=O) groups is 1. The number of aryl methyl sites for hydroxylation is 1. The summed E-state index contributed by atoms with van der Waals surface area (Å²) in [6.45, 7) is 2.51. The molecule has 1 aromatic heterocycles. The first kappa shape index (κ1) is 16.9. The van der Waals surface area contributed by atoms with Crippen LogP contribution in [0.2, 0.25) is 5.02 Å². The average Bonchev–Trinajstić information content (AvgIpc) is 2.63. The van der Waals surface area contributed by atoms with Gasteiger partial charge in [0, 0.05) is 17.1 Å². The minimum absolute atomic E-state index is 0.200. The molecule has 1 heterocycles. The van der Waals surface area contributed by atoms with E-state index in [1.807, 2.05) is 49.4 Å². The van der Waals surface area contributed by atoms with Crippen molar-refractivity contribution in [3.05, 3.63) is 82.4 Å². The summed E-state index contributed by atoms with van der Waals surface area (Å²) in [4.78, 5) is 12.3. The number of nitrogens with one attached hydrogen (secondary N) is 2. The van der Waals surface area contributed by atoms with Crippen LogP contribution in [0.15, 0.2) is 60.7 Å². The normalized spacial score (nSPS) is 10.3. The summed E-state index contributed by atoms with van der Waals surface area (Å²) >= 11 is 5.86. The first-order valence-electron chi connectivity index (χ1n) is 7.81. The number of nitrogens with zero attached hydrogens (tertiary/aromatic N) is 2. The molecule has 3 aromatic rings. The molecule has 2 N–H and O–H groups in total. The lowest BCUT2D eigenvalue weighted by molar-refractivity contribution is 0.102. The summed E-state index contributed by atoms with van der Waals surface area (Å²) in [7, 11) is 0. The van der Waals surface area contributed by atoms with Crippen LogP contribution in [0.25, 0.3) is 0 Å². The van der Waals surface area contributed by atoms with Crippen LogP contribution in [0.4, 0.5) is 11.6 Å². The van der Waals surface area contributed by atoms with Gasteiger partial charge in [0.1, 0.15) is 5.82 Å². The van der Waals surface area contributed by atoms with E-state index in [1.165, 1.54) is 0 Å². The number of benzene rings is 2. The van der Waals surface area contributed by atoms with E-state index in [-0.39, 0.29) is 5.91 Å². The fourth-order valence-electron chi connectivity index (χ4n) is 2.30. The zero-order valence-corrected chi connectivity index (χ0v) is 14.4. The van der Waals surface area contributed by atoms with E-state index >= 15 is 0 Å². The number of halogens is 1. The van der Waals surface area contributed by atoms with Crippen molar-refractivity contribution >= 4 is 29.1 Å². The summed E-state index contributed by atoms with van der Waals surface area (Å²) < 4.78 is 0. The fraction of sp³-hybridized carbons (Fsp3) is 0.105. The Hall–Kier alpha value is -2.92. The molecule has 2 aromatic carbocycles. The number of hydrogen-bond acceptors (Lipinski definition) is 4. The Bertz CT molecular complexity index is 863. The van der Waals surface area contributed by atoms with Crippen LogP contribution in [0, 0.1) is 6.92 Å². The number of rotatable bonds is 5. The third kappa shape index (κ3) is 4.55. The molecule has 1 amide bonds. The minimum atomic E-state index is -0.200. The molecule has 0 aliphatic rings. The lowest BCUT2D eigenvalue weighted by atomic mass is 10.1. The van der Waals surface area contributed by atoms with Gasteiger partial charge in [0.05, 0.1) is 0 Å². The van der Waals surface area contributed by atoms with E-state index < -0.39 is 0 Å². The average molecular weight is 353 g/mol. The summed E-state index contributed by atoms with van der Waals surface area (Å²) in [6.07, 6.45) is 0. The molecule has 0 saturated carbocycles. The monoisotopic (exact) mass is 352 g/mol. The lowest BCUT2D eigenvalue weighted by Crippen LogP contribution is -2.14. The van der Waals surface area contributed by atoms with E-state index in [9.17, 15) is 4.79 Å². The molecule has 0 aliphatic heterocycles. The van der Waals surface area contributed by atoms with Gasteiger partial charge in [-0.15, -0.1) is 10.2 Å². The maximum absolute atomic E-state index is 12.3. The molecule has 6 heteroatoms. The minimum Gasteiger partial charge on any atom is -0.365 e. The van der Waals surface area contributed by atoms with Crippen molar-refractivity contribution in [2.45, 2.75) is 13.5 Å². The van der Waals surface area contributed by atoms with Gasteiger partial charge >= 0.3 is 0 Å². The SMILES string of the molecule is Cc1ccccc1C(=O)Nc1ccc(NCc2ccc(Cl)cc2)nn1. The lowest BCUT2D eigenvalue weighted by Gasteiger charge is -2.08.